The van der Waals surface area contributed by atoms with Crippen molar-refractivity contribution in [2.75, 3.05) is 31.7 Å². The Hall–Kier alpha value is -3.02. The van der Waals surface area contributed by atoms with Crippen LogP contribution >= 0.6 is 0 Å². The van der Waals surface area contributed by atoms with Gasteiger partial charge in [-0.1, -0.05) is 17.7 Å². The van der Waals surface area contributed by atoms with Gasteiger partial charge < -0.3 is 19.7 Å². The molecule has 0 atom stereocenters. The number of nitrogens with zero attached hydrogens (tertiary/aromatic N) is 1. The van der Waals surface area contributed by atoms with E-state index in [0.717, 1.165) is 17.0 Å². The number of benzene rings is 2. The van der Waals surface area contributed by atoms with Gasteiger partial charge in [0.2, 0.25) is 11.8 Å². The molecule has 0 bridgehead atoms. The van der Waals surface area contributed by atoms with Gasteiger partial charge in [-0.05, 0) is 43.3 Å². The van der Waals surface area contributed by atoms with Gasteiger partial charge in [0.25, 0.3) is 0 Å². The van der Waals surface area contributed by atoms with Crippen LogP contribution in [0.2, 0.25) is 0 Å². The highest BCUT2D eigenvalue weighted by molar-refractivity contribution is 5.92. The van der Waals surface area contributed by atoms with Gasteiger partial charge in [-0.25, -0.2) is 0 Å². The number of amides is 2. The van der Waals surface area contributed by atoms with E-state index in [1.54, 1.807) is 12.0 Å². The first-order chi connectivity index (χ1) is 13.0. The highest BCUT2D eigenvalue weighted by atomic mass is 16.5. The van der Waals surface area contributed by atoms with Gasteiger partial charge >= 0.3 is 0 Å². The second-order valence-corrected chi connectivity index (χ2v) is 6.13. The fraction of sp³-hybridized carbons (Fsp3) is 0.333. The summed E-state index contributed by atoms with van der Waals surface area (Å²) in [4.78, 5) is 25.5. The molecule has 144 valence electrons. The average molecular weight is 370 g/mol. The van der Waals surface area contributed by atoms with Crippen LogP contribution in [0.1, 0.15) is 18.9 Å². The number of hydrogen-bond acceptors (Lipinski definition) is 4. The molecule has 2 aromatic carbocycles. The van der Waals surface area contributed by atoms with Crippen LogP contribution in [0.5, 0.6) is 11.5 Å². The Morgan fingerprint density at radius 2 is 1.63 bits per heavy atom. The van der Waals surface area contributed by atoms with Crippen molar-refractivity contribution >= 4 is 17.5 Å². The van der Waals surface area contributed by atoms with Crippen LogP contribution < -0.4 is 19.7 Å². The number of anilines is 1. The lowest BCUT2D eigenvalue weighted by molar-refractivity contribution is -0.121. The van der Waals surface area contributed by atoms with Crippen LogP contribution in [0, 0.1) is 6.92 Å². The largest absolute Gasteiger partial charge is 0.497 e. The SMILES string of the molecule is COc1ccc(OCCNC(=O)CCN(C(C)=O)c2ccc(C)cc2)cc1. The number of methoxy groups -OCH3 is 1. The van der Waals surface area contributed by atoms with Crippen LogP contribution in [0.15, 0.2) is 48.5 Å². The Kier molecular flexibility index (Phi) is 7.67. The van der Waals surface area contributed by atoms with E-state index in [1.807, 2.05) is 55.5 Å². The van der Waals surface area contributed by atoms with Crippen LogP contribution in [-0.2, 0) is 9.59 Å². The molecule has 0 fully saturated rings. The molecular formula is C21H26N2O4. The van der Waals surface area contributed by atoms with E-state index in [9.17, 15) is 9.59 Å². The molecule has 0 unspecified atom stereocenters. The summed E-state index contributed by atoms with van der Waals surface area (Å²) in [6.45, 7) is 4.59. The second kappa shape index (κ2) is 10.2. The van der Waals surface area contributed by atoms with Crippen molar-refractivity contribution in [3.05, 3.63) is 54.1 Å². The molecule has 6 heteroatoms. The van der Waals surface area contributed by atoms with Crippen molar-refractivity contribution in [2.24, 2.45) is 0 Å². The number of carbonyl (C=O) groups is 2. The summed E-state index contributed by atoms with van der Waals surface area (Å²) in [5.74, 6) is 1.27. The lowest BCUT2D eigenvalue weighted by Gasteiger charge is -2.21. The molecule has 0 saturated carbocycles. The number of ether oxygens (including phenoxy) is 2. The Labute approximate surface area is 160 Å². The van der Waals surface area contributed by atoms with Crippen molar-refractivity contribution in [1.82, 2.24) is 5.32 Å². The first-order valence-corrected chi connectivity index (χ1v) is 8.88. The van der Waals surface area contributed by atoms with E-state index in [0.29, 0.717) is 25.4 Å². The Balaban J connectivity index is 1.72. The van der Waals surface area contributed by atoms with Gasteiger partial charge in [0, 0.05) is 25.6 Å². The molecule has 0 aliphatic rings. The molecule has 2 aromatic rings. The summed E-state index contributed by atoms with van der Waals surface area (Å²) < 4.78 is 10.7. The minimum absolute atomic E-state index is 0.0884. The first-order valence-electron chi connectivity index (χ1n) is 8.88. The standard InChI is InChI=1S/C21H26N2O4/c1-16-4-6-18(7-5-16)23(17(2)24)14-12-21(25)22-13-15-27-20-10-8-19(26-3)9-11-20/h4-11H,12-15H2,1-3H3,(H,22,25). The molecule has 0 saturated heterocycles. The van der Waals surface area contributed by atoms with E-state index in [4.69, 9.17) is 9.47 Å². The van der Waals surface area contributed by atoms with Gasteiger partial charge in [0.1, 0.15) is 18.1 Å². The van der Waals surface area contributed by atoms with E-state index in [1.165, 1.54) is 6.92 Å². The van der Waals surface area contributed by atoms with Crippen molar-refractivity contribution in [2.45, 2.75) is 20.3 Å². The van der Waals surface area contributed by atoms with Gasteiger partial charge in [-0.15, -0.1) is 0 Å². The maximum atomic E-state index is 12.0. The Morgan fingerprint density at radius 3 is 2.22 bits per heavy atom. The summed E-state index contributed by atoms with van der Waals surface area (Å²) >= 11 is 0. The van der Waals surface area contributed by atoms with Crippen LogP contribution in [0.3, 0.4) is 0 Å². The lowest BCUT2D eigenvalue weighted by atomic mass is 10.2. The second-order valence-electron chi connectivity index (χ2n) is 6.13. The lowest BCUT2D eigenvalue weighted by Crippen LogP contribution is -2.35. The minimum Gasteiger partial charge on any atom is -0.497 e. The average Bonchev–Trinajstić information content (AvgIpc) is 2.67. The molecule has 2 amide bonds. The first kappa shape index (κ1) is 20.3. The topological polar surface area (TPSA) is 67.9 Å². The molecule has 0 heterocycles. The molecule has 0 aliphatic carbocycles. The van der Waals surface area contributed by atoms with E-state index in [2.05, 4.69) is 5.32 Å². The number of hydrogen-bond donors (Lipinski definition) is 1. The summed E-state index contributed by atoms with van der Waals surface area (Å²) in [5, 5.41) is 2.80. The molecule has 0 aromatic heterocycles. The molecule has 1 N–H and O–H groups in total. The van der Waals surface area contributed by atoms with Gasteiger partial charge in [0.05, 0.1) is 13.7 Å². The zero-order valence-electron chi connectivity index (χ0n) is 16.0. The fourth-order valence-electron chi connectivity index (χ4n) is 2.53. The third-order valence-electron chi connectivity index (χ3n) is 4.04. The normalized spacial score (nSPS) is 10.2. The van der Waals surface area contributed by atoms with Crippen molar-refractivity contribution in [3.8, 4) is 11.5 Å². The summed E-state index contributed by atoms with van der Waals surface area (Å²) in [7, 11) is 1.61. The van der Waals surface area contributed by atoms with Crippen molar-refractivity contribution in [3.63, 3.8) is 0 Å². The van der Waals surface area contributed by atoms with Crippen LogP contribution in [0.4, 0.5) is 5.69 Å². The molecule has 0 aliphatic heterocycles. The van der Waals surface area contributed by atoms with Gasteiger partial charge in [0.15, 0.2) is 0 Å². The quantitative estimate of drug-likeness (QED) is 0.689. The monoisotopic (exact) mass is 370 g/mol. The third kappa shape index (κ3) is 6.66. The highest BCUT2D eigenvalue weighted by Crippen LogP contribution is 2.17. The number of aryl methyl sites for hydroxylation is 1. The summed E-state index contributed by atoms with van der Waals surface area (Å²) in [5.41, 5.74) is 1.92. The molecular weight excluding hydrogens is 344 g/mol. The van der Waals surface area contributed by atoms with Crippen LogP contribution in [0.25, 0.3) is 0 Å². The summed E-state index contributed by atoms with van der Waals surface area (Å²) in [6.07, 6.45) is 0.232. The molecule has 0 spiro atoms. The van der Waals surface area contributed by atoms with E-state index < -0.39 is 0 Å². The zero-order valence-corrected chi connectivity index (χ0v) is 16.0. The predicted octanol–water partition coefficient (Wildman–Crippen LogP) is 2.94. The van der Waals surface area contributed by atoms with Crippen molar-refractivity contribution < 1.29 is 19.1 Å². The number of carbonyl (C=O) groups excluding carboxylic acids is 2. The molecule has 0 radical (unpaired) electrons. The van der Waals surface area contributed by atoms with Gasteiger partial charge in [-0.2, -0.15) is 0 Å². The fourth-order valence-corrected chi connectivity index (χ4v) is 2.53. The predicted molar refractivity (Wildman–Crippen MR) is 105 cm³/mol. The smallest absolute Gasteiger partial charge is 0.223 e. The van der Waals surface area contributed by atoms with Crippen molar-refractivity contribution in [1.29, 1.82) is 0 Å². The van der Waals surface area contributed by atoms with E-state index >= 15 is 0 Å². The molecule has 2 rings (SSSR count). The minimum atomic E-state index is -0.119. The summed E-state index contributed by atoms with van der Waals surface area (Å²) in [6, 6.07) is 14.9. The third-order valence-corrected chi connectivity index (χ3v) is 4.04. The van der Waals surface area contributed by atoms with Crippen LogP contribution in [-0.4, -0.2) is 38.6 Å². The zero-order chi connectivity index (χ0) is 19.6. The maximum absolute atomic E-state index is 12.0. The number of rotatable bonds is 9. The molecule has 6 nitrogen and oxygen atoms in total. The van der Waals surface area contributed by atoms with Gasteiger partial charge in [-0.3, -0.25) is 9.59 Å². The number of nitrogens with one attached hydrogen (secondary N) is 1. The maximum Gasteiger partial charge on any atom is 0.223 e. The Bertz CT molecular complexity index is 742. The molecule has 27 heavy (non-hydrogen) atoms. The Morgan fingerprint density at radius 1 is 1.00 bits per heavy atom. The highest BCUT2D eigenvalue weighted by Gasteiger charge is 2.13. The van der Waals surface area contributed by atoms with E-state index in [-0.39, 0.29) is 18.2 Å².